The maximum atomic E-state index is 5.57. The van der Waals surface area contributed by atoms with Gasteiger partial charge < -0.3 is 4.74 Å². The summed E-state index contributed by atoms with van der Waals surface area (Å²) in [5.41, 5.74) is 2.72. The second kappa shape index (κ2) is 4.79. The summed E-state index contributed by atoms with van der Waals surface area (Å²) in [6.45, 7) is 9.36. The number of ether oxygens (including phenoxy) is 1. The standard InChI is InChI=1S/C16H20O/c1-5-17-13-7-9-15-14(11(2)3)8-6-12(4)16(15)10-13/h6-11H,5H2,1-4H3. The van der Waals surface area contributed by atoms with Crippen LogP contribution in [0.25, 0.3) is 10.8 Å². The van der Waals surface area contributed by atoms with Gasteiger partial charge in [-0.2, -0.15) is 0 Å². The van der Waals surface area contributed by atoms with Crippen LogP contribution in [0.15, 0.2) is 30.3 Å². The summed E-state index contributed by atoms with van der Waals surface area (Å²) in [6.07, 6.45) is 0. The molecule has 2 aromatic carbocycles. The summed E-state index contributed by atoms with van der Waals surface area (Å²) in [5.74, 6) is 1.51. The van der Waals surface area contributed by atoms with Crippen molar-refractivity contribution >= 4 is 10.8 Å². The Morgan fingerprint density at radius 3 is 2.47 bits per heavy atom. The van der Waals surface area contributed by atoms with Crippen molar-refractivity contribution < 1.29 is 4.74 Å². The Hall–Kier alpha value is -1.50. The van der Waals surface area contributed by atoms with Gasteiger partial charge in [0.25, 0.3) is 0 Å². The highest BCUT2D eigenvalue weighted by atomic mass is 16.5. The van der Waals surface area contributed by atoms with E-state index in [4.69, 9.17) is 4.74 Å². The number of aryl methyl sites for hydroxylation is 1. The maximum Gasteiger partial charge on any atom is 0.119 e. The molecule has 1 heteroatoms. The van der Waals surface area contributed by atoms with E-state index in [2.05, 4.69) is 51.1 Å². The van der Waals surface area contributed by atoms with E-state index in [1.54, 1.807) is 0 Å². The molecule has 0 heterocycles. The van der Waals surface area contributed by atoms with Crippen LogP contribution in [0, 0.1) is 6.92 Å². The molecule has 0 bridgehead atoms. The molecule has 0 aliphatic heterocycles. The minimum atomic E-state index is 0.552. The Bertz CT molecular complexity index is 526. The van der Waals surface area contributed by atoms with Crippen molar-refractivity contribution in [3.63, 3.8) is 0 Å². The first-order valence-corrected chi connectivity index (χ1v) is 6.29. The minimum absolute atomic E-state index is 0.552. The first-order chi connectivity index (χ1) is 8.13. The Balaban J connectivity index is 2.64. The lowest BCUT2D eigenvalue weighted by molar-refractivity contribution is 0.340. The Morgan fingerprint density at radius 2 is 1.82 bits per heavy atom. The molecule has 90 valence electrons. The van der Waals surface area contributed by atoms with Crippen LogP contribution in [-0.4, -0.2) is 6.61 Å². The summed E-state index contributed by atoms with van der Waals surface area (Å²) < 4.78 is 5.57. The zero-order valence-corrected chi connectivity index (χ0v) is 11.1. The molecular weight excluding hydrogens is 208 g/mol. The highest BCUT2D eigenvalue weighted by Gasteiger charge is 2.07. The third-order valence-corrected chi connectivity index (χ3v) is 3.17. The molecule has 2 aromatic rings. The third-order valence-electron chi connectivity index (χ3n) is 3.17. The number of rotatable bonds is 3. The zero-order valence-electron chi connectivity index (χ0n) is 11.1. The van der Waals surface area contributed by atoms with E-state index in [0.29, 0.717) is 12.5 Å². The summed E-state index contributed by atoms with van der Waals surface area (Å²) in [7, 11) is 0. The van der Waals surface area contributed by atoms with Gasteiger partial charge in [-0.05, 0) is 53.8 Å². The molecular formula is C16H20O. The van der Waals surface area contributed by atoms with Gasteiger partial charge in [0.1, 0.15) is 5.75 Å². The van der Waals surface area contributed by atoms with Crippen molar-refractivity contribution in [3.05, 3.63) is 41.5 Å². The third kappa shape index (κ3) is 2.28. The molecule has 0 aromatic heterocycles. The van der Waals surface area contributed by atoms with Crippen LogP contribution in [0.5, 0.6) is 5.75 Å². The summed E-state index contributed by atoms with van der Waals surface area (Å²) in [5, 5.41) is 2.66. The van der Waals surface area contributed by atoms with Crippen molar-refractivity contribution in [2.75, 3.05) is 6.61 Å². The largest absolute Gasteiger partial charge is 0.494 e. The van der Waals surface area contributed by atoms with Gasteiger partial charge >= 0.3 is 0 Å². The Labute approximate surface area is 103 Å². The molecule has 0 N–H and O–H groups in total. The number of fused-ring (bicyclic) bond motifs is 1. The maximum absolute atomic E-state index is 5.57. The highest BCUT2D eigenvalue weighted by molar-refractivity contribution is 5.90. The molecule has 0 spiro atoms. The van der Waals surface area contributed by atoms with Crippen LogP contribution >= 0.6 is 0 Å². The van der Waals surface area contributed by atoms with Crippen molar-refractivity contribution in [2.24, 2.45) is 0 Å². The first kappa shape index (κ1) is 12.0. The minimum Gasteiger partial charge on any atom is -0.494 e. The number of benzene rings is 2. The molecule has 0 saturated heterocycles. The van der Waals surface area contributed by atoms with Gasteiger partial charge in [0.15, 0.2) is 0 Å². The second-order valence-corrected chi connectivity index (χ2v) is 4.77. The summed E-state index contributed by atoms with van der Waals surface area (Å²) >= 11 is 0. The van der Waals surface area contributed by atoms with Crippen molar-refractivity contribution in [1.29, 1.82) is 0 Å². The fraction of sp³-hybridized carbons (Fsp3) is 0.375. The van der Waals surface area contributed by atoms with Crippen LogP contribution in [0.3, 0.4) is 0 Å². The van der Waals surface area contributed by atoms with E-state index in [9.17, 15) is 0 Å². The lowest BCUT2D eigenvalue weighted by atomic mass is 9.93. The highest BCUT2D eigenvalue weighted by Crippen LogP contribution is 2.30. The summed E-state index contributed by atoms with van der Waals surface area (Å²) in [4.78, 5) is 0. The normalized spacial score (nSPS) is 11.1. The van der Waals surface area contributed by atoms with E-state index >= 15 is 0 Å². The van der Waals surface area contributed by atoms with Crippen LogP contribution in [0.4, 0.5) is 0 Å². The van der Waals surface area contributed by atoms with Gasteiger partial charge in [-0.15, -0.1) is 0 Å². The number of hydrogen-bond donors (Lipinski definition) is 0. The van der Waals surface area contributed by atoms with Gasteiger partial charge in [-0.3, -0.25) is 0 Å². The molecule has 0 aliphatic carbocycles. The van der Waals surface area contributed by atoms with Crippen LogP contribution in [0.1, 0.15) is 37.8 Å². The molecule has 0 radical (unpaired) electrons. The average Bonchev–Trinajstić information content (AvgIpc) is 2.30. The van der Waals surface area contributed by atoms with Crippen molar-refractivity contribution in [1.82, 2.24) is 0 Å². The molecule has 0 atom stereocenters. The molecule has 0 saturated carbocycles. The molecule has 1 nitrogen and oxygen atoms in total. The van der Waals surface area contributed by atoms with E-state index in [0.717, 1.165) is 5.75 Å². The smallest absolute Gasteiger partial charge is 0.119 e. The lowest BCUT2D eigenvalue weighted by Gasteiger charge is -2.13. The van der Waals surface area contributed by atoms with Crippen LogP contribution < -0.4 is 4.74 Å². The SMILES string of the molecule is CCOc1ccc2c(C(C)C)ccc(C)c2c1. The first-order valence-electron chi connectivity index (χ1n) is 6.29. The molecule has 0 amide bonds. The molecule has 0 unspecified atom stereocenters. The van der Waals surface area contributed by atoms with E-state index in [1.807, 2.05) is 6.92 Å². The van der Waals surface area contributed by atoms with E-state index in [1.165, 1.54) is 21.9 Å². The Kier molecular flexibility index (Phi) is 3.37. The zero-order chi connectivity index (χ0) is 12.4. The summed E-state index contributed by atoms with van der Waals surface area (Å²) in [6, 6.07) is 10.8. The van der Waals surface area contributed by atoms with Crippen LogP contribution in [0.2, 0.25) is 0 Å². The van der Waals surface area contributed by atoms with Crippen molar-refractivity contribution in [2.45, 2.75) is 33.6 Å². The Morgan fingerprint density at radius 1 is 1.06 bits per heavy atom. The fourth-order valence-corrected chi connectivity index (χ4v) is 2.26. The van der Waals surface area contributed by atoms with Crippen molar-refractivity contribution in [3.8, 4) is 5.75 Å². The monoisotopic (exact) mass is 228 g/mol. The molecule has 0 fully saturated rings. The van der Waals surface area contributed by atoms with Crippen LogP contribution in [-0.2, 0) is 0 Å². The van der Waals surface area contributed by atoms with Gasteiger partial charge in [0, 0.05) is 0 Å². The average molecular weight is 228 g/mol. The van der Waals surface area contributed by atoms with Gasteiger partial charge in [-0.1, -0.05) is 32.0 Å². The molecule has 2 rings (SSSR count). The predicted molar refractivity (Wildman–Crippen MR) is 73.9 cm³/mol. The molecule has 17 heavy (non-hydrogen) atoms. The lowest BCUT2D eigenvalue weighted by Crippen LogP contribution is -1.94. The van der Waals surface area contributed by atoms with Gasteiger partial charge in [0.05, 0.1) is 6.61 Å². The van der Waals surface area contributed by atoms with E-state index in [-0.39, 0.29) is 0 Å². The molecule has 0 aliphatic rings. The second-order valence-electron chi connectivity index (χ2n) is 4.77. The fourth-order valence-electron chi connectivity index (χ4n) is 2.26. The topological polar surface area (TPSA) is 9.23 Å². The van der Waals surface area contributed by atoms with Gasteiger partial charge in [-0.25, -0.2) is 0 Å². The number of hydrogen-bond acceptors (Lipinski definition) is 1. The quantitative estimate of drug-likeness (QED) is 0.741. The van der Waals surface area contributed by atoms with Gasteiger partial charge in [0.2, 0.25) is 0 Å². The predicted octanol–water partition coefficient (Wildman–Crippen LogP) is 4.67. The van der Waals surface area contributed by atoms with E-state index < -0.39 is 0 Å².